The molecular weight excluding hydrogens is 254 g/mol. The summed E-state index contributed by atoms with van der Waals surface area (Å²) in [6.07, 6.45) is 0.857. The van der Waals surface area contributed by atoms with Crippen LogP contribution in [0.15, 0.2) is 16.6 Å². The zero-order valence-electron chi connectivity index (χ0n) is 9.30. The van der Waals surface area contributed by atoms with E-state index in [1.54, 1.807) is 0 Å². The summed E-state index contributed by atoms with van der Waals surface area (Å²) in [5.74, 6) is 0.907. The van der Waals surface area contributed by atoms with Gasteiger partial charge >= 0.3 is 0 Å². The minimum Gasteiger partial charge on any atom is -0.486 e. The van der Waals surface area contributed by atoms with Crippen LogP contribution in [0.25, 0.3) is 0 Å². The van der Waals surface area contributed by atoms with Gasteiger partial charge in [0.1, 0.15) is 11.4 Å². The lowest BCUT2D eigenvalue weighted by atomic mass is 9.90. The van der Waals surface area contributed by atoms with E-state index in [-0.39, 0.29) is 11.6 Å². The van der Waals surface area contributed by atoms with Gasteiger partial charge in [-0.15, -0.1) is 0 Å². The highest BCUT2D eigenvalue weighted by Gasteiger charge is 2.33. The number of benzene rings is 1. The predicted molar refractivity (Wildman–Crippen MR) is 65.1 cm³/mol. The van der Waals surface area contributed by atoms with Gasteiger partial charge in [0.15, 0.2) is 0 Å². The molecule has 2 N–H and O–H groups in total. The van der Waals surface area contributed by atoms with Gasteiger partial charge in [-0.05, 0) is 48.3 Å². The minimum atomic E-state index is -0.176. The molecule has 1 aromatic carbocycles. The minimum absolute atomic E-state index is 0.0694. The van der Waals surface area contributed by atoms with Crippen molar-refractivity contribution >= 4 is 15.9 Å². The van der Waals surface area contributed by atoms with Gasteiger partial charge in [0.05, 0.1) is 4.47 Å². The van der Waals surface area contributed by atoms with E-state index in [9.17, 15) is 0 Å². The normalized spacial score (nSPS) is 23.1. The Morgan fingerprint density at radius 1 is 1.47 bits per heavy atom. The molecule has 1 atom stereocenters. The first-order chi connectivity index (χ1) is 6.89. The standard InChI is InChI=1S/C12H16BrNO/c1-7-4-8-10(14)6-12(2,3)15-11(8)9(13)5-7/h4-5,10H,6,14H2,1-3H3. The van der Waals surface area contributed by atoms with Crippen LogP contribution in [0, 0.1) is 6.92 Å². The average molecular weight is 270 g/mol. The zero-order valence-corrected chi connectivity index (χ0v) is 10.9. The molecule has 1 aliphatic heterocycles. The van der Waals surface area contributed by atoms with Crippen molar-refractivity contribution in [2.45, 2.75) is 38.8 Å². The van der Waals surface area contributed by atoms with Crippen LogP contribution in [0.2, 0.25) is 0 Å². The van der Waals surface area contributed by atoms with Crippen molar-refractivity contribution in [1.82, 2.24) is 0 Å². The smallest absolute Gasteiger partial charge is 0.139 e. The van der Waals surface area contributed by atoms with Crippen LogP contribution in [0.1, 0.15) is 37.4 Å². The third-order valence-electron chi connectivity index (χ3n) is 2.71. The Morgan fingerprint density at radius 2 is 2.13 bits per heavy atom. The number of fused-ring (bicyclic) bond motifs is 1. The quantitative estimate of drug-likeness (QED) is 0.784. The summed E-state index contributed by atoms with van der Waals surface area (Å²) in [5, 5.41) is 0. The van der Waals surface area contributed by atoms with Crippen LogP contribution >= 0.6 is 15.9 Å². The van der Waals surface area contributed by atoms with Crippen LogP contribution in [0.5, 0.6) is 5.75 Å². The number of halogens is 1. The lowest BCUT2D eigenvalue weighted by Crippen LogP contribution is -2.37. The molecule has 0 fully saturated rings. The Labute approximate surface area is 98.9 Å². The lowest BCUT2D eigenvalue weighted by molar-refractivity contribution is 0.0718. The van der Waals surface area contributed by atoms with Crippen molar-refractivity contribution in [3.05, 3.63) is 27.7 Å². The fraction of sp³-hybridized carbons (Fsp3) is 0.500. The van der Waals surface area contributed by atoms with E-state index in [2.05, 4.69) is 48.8 Å². The lowest BCUT2D eigenvalue weighted by Gasteiger charge is -2.36. The van der Waals surface area contributed by atoms with E-state index < -0.39 is 0 Å². The van der Waals surface area contributed by atoms with Gasteiger partial charge in [0.25, 0.3) is 0 Å². The highest BCUT2D eigenvalue weighted by atomic mass is 79.9. The molecule has 0 saturated heterocycles. The Hall–Kier alpha value is -0.540. The summed E-state index contributed by atoms with van der Waals surface area (Å²) in [7, 11) is 0. The molecule has 82 valence electrons. The molecule has 2 nitrogen and oxygen atoms in total. The molecule has 15 heavy (non-hydrogen) atoms. The Balaban J connectivity index is 2.55. The van der Waals surface area contributed by atoms with Crippen LogP contribution in [-0.2, 0) is 0 Å². The third kappa shape index (κ3) is 2.04. The van der Waals surface area contributed by atoms with Crippen molar-refractivity contribution in [3.8, 4) is 5.75 Å². The molecule has 0 saturated carbocycles. The summed E-state index contributed by atoms with van der Waals surface area (Å²) in [6.45, 7) is 6.21. The maximum Gasteiger partial charge on any atom is 0.139 e. The molecule has 1 unspecified atom stereocenters. The van der Waals surface area contributed by atoms with E-state index in [1.165, 1.54) is 5.56 Å². The van der Waals surface area contributed by atoms with Crippen molar-refractivity contribution in [2.24, 2.45) is 5.73 Å². The van der Waals surface area contributed by atoms with E-state index in [1.807, 2.05) is 0 Å². The molecule has 0 aliphatic carbocycles. The number of hydrogen-bond donors (Lipinski definition) is 1. The van der Waals surface area contributed by atoms with Gasteiger partial charge in [-0.2, -0.15) is 0 Å². The van der Waals surface area contributed by atoms with Gasteiger partial charge < -0.3 is 10.5 Å². The Morgan fingerprint density at radius 3 is 2.80 bits per heavy atom. The van der Waals surface area contributed by atoms with Gasteiger partial charge in [0, 0.05) is 18.0 Å². The Kier molecular flexibility index (Phi) is 2.55. The molecule has 0 aromatic heterocycles. The van der Waals surface area contributed by atoms with E-state index in [4.69, 9.17) is 10.5 Å². The third-order valence-corrected chi connectivity index (χ3v) is 3.30. The molecule has 0 spiro atoms. The van der Waals surface area contributed by atoms with Crippen LogP contribution in [0.4, 0.5) is 0 Å². The van der Waals surface area contributed by atoms with Gasteiger partial charge in [-0.1, -0.05) is 6.07 Å². The van der Waals surface area contributed by atoms with Gasteiger partial charge in [-0.3, -0.25) is 0 Å². The monoisotopic (exact) mass is 269 g/mol. The van der Waals surface area contributed by atoms with Gasteiger partial charge in [0.2, 0.25) is 0 Å². The predicted octanol–water partition coefficient (Wildman–Crippen LogP) is 3.32. The maximum atomic E-state index is 6.16. The zero-order chi connectivity index (χ0) is 11.2. The number of nitrogens with two attached hydrogens (primary N) is 1. The second-order valence-corrected chi connectivity index (χ2v) is 5.69. The first-order valence-corrected chi connectivity index (χ1v) is 5.93. The van der Waals surface area contributed by atoms with Crippen molar-refractivity contribution in [3.63, 3.8) is 0 Å². The highest BCUT2D eigenvalue weighted by Crippen LogP contribution is 2.43. The molecule has 1 aromatic rings. The molecule has 0 radical (unpaired) electrons. The fourth-order valence-electron chi connectivity index (χ4n) is 2.10. The summed E-state index contributed by atoms with van der Waals surface area (Å²) in [4.78, 5) is 0. The highest BCUT2D eigenvalue weighted by molar-refractivity contribution is 9.10. The van der Waals surface area contributed by atoms with Crippen molar-refractivity contribution in [1.29, 1.82) is 0 Å². The van der Waals surface area contributed by atoms with Crippen LogP contribution in [0.3, 0.4) is 0 Å². The van der Waals surface area contributed by atoms with Crippen molar-refractivity contribution in [2.75, 3.05) is 0 Å². The summed E-state index contributed by atoms with van der Waals surface area (Å²) in [6, 6.07) is 4.24. The molecule has 3 heteroatoms. The van der Waals surface area contributed by atoms with E-state index in [0.717, 1.165) is 22.2 Å². The van der Waals surface area contributed by atoms with Crippen LogP contribution in [-0.4, -0.2) is 5.60 Å². The maximum absolute atomic E-state index is 6.16. The largest absolute Gasteiger partial charge is 0.486 e. The SMILES string of the molecule is Cc1cc(Br)c2c(c1)C(N)CC(C)(C)O2. The number of rotatable bonds is 0. The summed E-state index contributed by atoms with van der Waals surface area (Å²) < 4.78 is 6.95. The molecule has 1 aliphatic rings. The fourth-order valence-corrected chi connectivity index (χ4v) is 2.77. The van der Waals surface area contributed by atoms with E-state index >= 15 is 0 Å². The first-order valence-electron chi connectivity index (χ1n) is 5.14. The summed E-state index contributed by atoms with van der Waals surface area (Å²) in [5.41, 5.74) is 8.30. The van der Waals surface area contributed by atoms with Crippen molar-refractivity contribution < 1.29 is 4.74 Å². The van der Waals surface area contributed by atoms with Gasteiger partial charge in [-0.25, -0.2) is 0 Å². The second kappa shape index (κ2) is 3.49. The molecule has 1 heterocycles. The molecular formula is C12H16BrNO. The second-order valence-electron chi connectivity index (χ2n) is 4.84. The first kappa shape index (κ1) is 11.0. The topological polar surface area (TPSA) is 35.2 Å². The average Bonchev–Trinajstić information content (AvgIpc) is 2.06. The molecule has 0 bridgehead atoms. The Bertz CT molecular complexity index is 401. The number of aryl methyl sites for hydroxylation is 1. The molecule has 0 amide bonds. The van der Waals surface area contributed by atoms with E-state index in [0.29, 0.717) is 0 Å². The number of ether oxygens (including phenoxy) is 1. The summed E-state index contributed by atoms with van der Waals surface area (Å²) >= 11 is 3.53. The number of hydrogen-bond acceptors (Lipinski definition) is 2. The van der Waals surface area contributed by atoms with Crippen LogP contribution < -0.4 is 10.5 Å². The molecule has 2 rings (SSSR count).